The van der Waals surface area contributed by atoms with Gasteiger partial charge in [0.15, 0.2) is 18.0 Å². The average Bonchev–Trinajstić information content (AvgIpc) is 3.13. The van der Waals surface area contributed by atoms with Crippen LogP contribution in [0.4, 0.5) is 5.82 Å². The van der Waals surface area contributed by atoms with Crippen LogP contribution in [0.1, 0.15) is 32.9 Å². The monoisotopic (exact) mass is 565 g/mol. The summed E-state index contributed by atoms with van der Waals surface area (Å²) in [7, 11) is -2.73. The number of anilines is 1. The molecule has 2 aromatic rings. The van der Waals surface area contributed by atoms with E-state index < -0.39 is 56.6 Å². The van der Waals surface area contributed by atoms with Gasteiger partial charge in [-0.25, -0.2) is 9.59 Å². The van der Waals surface area contributed by atoms with E-state index >= 15 is 0 Å². The predicted octanol–water partition coefficient (Wildman–Crippen LogP) is 1.13. The van der Waals surface area contributed by atoms with E-state index in [1.54, 1.807) is 12.1 Å². The van der Waals surface area contributed by atoms with Crippen LogP contribution in [0.5, 0.6) is 11.5 Å². The molecule has 1 unspecified atom stereocenters. The number of aliphatic hydroxyl groups is 2. The molecule has 39 heavy (non-hydrogen) atoms. The highest BCUT2D eigenvalue weighted by Crippen LogP contribution is 2.40. The third-order valence-electron chi connectivity index (χ3n) is 5.55. The van der Waals surface area contributed by atoms with Gasteiger partial charge in [-0.05, 0) is 37.1 Å². The molecule has 1 aliphatic heterocycles. The molecule has 6 atom stereocenters. The van der Waals surface area contributed by atoms with Gasteiger partial charge in [0.2, 0.25) is 11.5 Å². The predicted molar refractivity (Wildman–Crippen MR) is 134 cm³/mol. The van der Waals surface area contributed by atoms with Crippen molar-refractivity contribution in [3.63, 3.8) is 0 Å². The van der Waals surface area contributed by atoms with Crippen LogP contribution in [0.3, 0.4) is 0 Å². The standard InChI is InChI=1S/C22H28N7O9P/c1-3-4-11-35-20(32)13(2)26-39(34)38-15-8-6-5-7-14(15)36-12-22(27-28-24)18(31)17(30)19(37-22)29-10-9-16(23)25-21(29)33/h5-10,13,17-19,30-31H,3-4,11-12H2,1-2H3,(H2,23,25,33)/t13-,17-,18+,19-,22-/m1/s1. The van der Waals surface area contributed by atoms with Crippen molar-refractivity contribution in [2.45, 2.75) is 56.9 Å². The summed E-state index contributed by atoms with van der Waals surface area (Å²) in [6, 6.07) is 6.18. The van der Waals surface area contributed by atoms with Crippen molar-refractivity contribution in [1.29, 1.82) is 0 Å². The minimum Gasteiger partial charge on any atom is -0.575 e. The molecule has 0 aliphatic carbocycles. The van der Waals surface area contributed by atoms with Crippen molar-refractivity contribution in [1.82, 2.24) is 9.55 Å². The Hall–Kier alpha value is -3.78. The summed E-state index contributed by atoms with van der Waals surface area (Å²) in [4.78, 5) is 42.9. The lowest BCUT2D eigenvalue weighted by Gasteiger charge is -2.26. The largest absolute Gasteiger partial charge is 0.575 e. The Morgan fingerprint density at radius 1 is 1.38 bits per heavy atom. The minimum absolute atomic E-state index is 0.0122. The van der Waals surface area contributed by atoms with Crippen LogP contribution in [0.25, 0.3) is 10.4 Å². The van der Waals surface area contributed by atoms with Crippen molar-refractivity contribution in [2.24, 2.45) is 9.86 Å². The molecule has 0 saturated carbocycles. The molecule has 210 valence electrons. The zero-order valence-corrected chi connectivity index (χ0v) is 22.0. The van der Waals surface area contributed by atoms with Gasteiger partial charge in [-0.15, -0.1) is 0 Å². The van der Waals surface area contributed by atoms with Gasteiger partial charge >= 0.3 is 19.8 Å². The summed E-state index contributed by atoms with van der Waals surface area (Å²) in [6.07, 6.45) is -2.32. The highest BCUT2D eigenvalue weighted by Gasteiger charge is 2.56. The van der Waals surface area contributed by atoms with Gasteiger partial charge < -0.3 is 35.1 Å². The summed E-state index contributed by atoms with van der Waals surface area (Å²) in [5.41, 5.74) is 11.6. The maximum absolute atomic E-state index is 12.5. The second kappa shape index (κ2) is 13.3. The first-order chi connectivity index (χ1) is 18.6. The topological polar surface area (TPSA) is 240 Å². The fraction of sp³-hybridized carbons (Fsp3) is 0.500. The Kier molecular flexibility index (Phi) is 10.2. The maximum Gasteiger partial charge on any atom is 0.395 e. The third-order valence-corrected chi connectivity index (χ3v) is 6.44. The Balaban J connectivity index is 1.77. The number of carbonyl (C=O) groups is 1. The van der Waals surface area contributed by atoms with Crippen LogP contribution in [-0.4, -0.2) is 62.9 Å². The number of unbranched alkanes of at least 4 members (excludes halogenated alkanes) is 1. The van der Waals surface area contributed by atoms with E-state index in [-0.39, 0.29) is 23.9 Å². The number of hydrogen-bond donors (Lipinski definition) is 3. The van der Waals surface area contributed by atoms with Gasteiger partial charge in [0.1, 0.15) is 24.6 Å². The Bertz CT molecular complexity index is 1300. The Labute approximate surface area is 223 Å². The van der Waals surface area contributed by atoms with Gasteiger partial charge in [0.25, 0.3) is 0 Å². The Morgan fingerprint density at radius 2 is 2.10 bits per heavy atom. The molecule has 1 aliphatic rings. The number of nitrogen functional groups attached to an aromatic ring is 1. The van der Waals surface area contributed by atoms with Crippen LogP contribution in [0.2, 0.25) is 0 Å². The number of azide groups is 1. The second-order valence-corrected chi connectivity index (χ2v) is 9.29. The van der Waals surface area contributed by atoms with Gasteiger partial charge in [0, 0.05) is 11.1 Å². The fourth-order valence-electron chi connectivity index (χ4n) is 3.48. The molecule has 1 aromatic carbocycles. The first-order valence-electron chi connectivity index (χ1n) is 11.8. The lowest BCUT2D eigenvalue weighted by Crippen LogP contribution is -2.46. The lowest BCUT2D eigenvalue weighted by atomic mass is 10.1. The van der Waals surface area contributed by atoms with Crippen LogP contribution < -0.4 is 25.6 Å². The van der Waals surface area contributed by atoms with Gasteiger partial charge in [-0.2, -0.15) is 4.98 Å². The normalized spacial score (nSPS) is 23.5. The van der Waals surface area contributed by atoms with Crippen LogP contribution in [0, 0.1) is 0 Å². The number of nitrogens with zero attached hydrogens (tertiary/aromatic N) is 6. The molecule has 0 radical (unpaired) electrons. The molecule has 1 fully saturated rings. The summed E-state index contributed by atoms with van der Waals surface area (Å²) < 4.78 is 26.4. The van der Waals surface area contributed by atoms with Crippen LogP contribution >= 0.6 is 8.17 Å². The molecular formula is C22H28N7O9P. The van der Waals surface area contributed by atoms with Crippen LogP contribution in [0.15, 0.2) is 51.2 Å². The van der Waals surface area contributed by atoms with E-state index in [2.05, 4.69) is 19.8 Å². The smallest absolute Gasteiger partial charge is 0.395 e. The van der Waals surface area contributed by atoms with Crippen LogP contribution in [-0.2, 0) is 14.3 Å². The summed E-state index contributed by atoms with van der Waals surface area (Å²) >= 11 is 0. The SMILES string of the molecule is CCCCOC(=O)[C@@H](C)N=[P+]([O-])Oc1ccccc1OC[C@@]1(N=[N+]=[N-])O[C@@H](n2ccc(N)nc2=O)[C@H](O)[C@@H]1O. The quantitative estimate of drug-likeness (QED) is 0.0822. The Morgan fingerprint density at radius 3 is 2.77 bits per heavy atom. The summed E-state index contributed by atoms with van der Waals surface area (Å²) in [6.45, 7) is 2.93. The van der Waals surface area contributed by atoms with Crippen molar-refractivity contribution < 1.29 is 38.6 Å². The van der Waals surface area contributed by atoms with Crippen molar-refractivity contribution in [3.8, 4) is 11.5 Å². The van der Waals surface area contributed by atoms with Crippen molar-refractivity contribution >= 4 is 20.0 Å². The van der Waals surface area contributed by atoms with Crippen molar-refractivity contribution in [2.75, 3.05) is 18.9 Å². The molecule has 0 spiro atoms. The van der Waals surface area contributed by atoms with E-state index in [9.17, 15) is 24.7 Å². The molecule has 4 N–H and O–H groups in total. The zero-order chi connectivity index (χ0) is 28.6. The number of aliphatic hydroxyl groups excluding tert-OH is 2. The highest BCUT2D eigenvalue weighted by molar-refractivity contribution is 7.34. The molecule has 0 bridgehead atoms. The molecular weight excluding hydrogens is 537 g/mol. The number of para-hydroxylation sites is 2. The maximum atomic E-state index is 12.5. The first kappa shape index (κ1) is 29.8. The number of carbonyl (C=O) groups excluding carboxylic acids is 1. The molecule has 3 rings (SSSR count). The molecule has 2 heterocycles. The minimum atomic E-state index is -2.73. The first-order valence-corrected chi connectivity index (χ1v) is 12.9. The summed E-state index contributed by atoms with van der Waals surface area (Å²) in [5, 5.41) is 24.8. The molecule has 16 nitrogen and oxygen atoms in total. The summed E-state index contributed by atoms with van der Waals surface area (Å²) in [5.74, 6) is -0.777. The number of aromatic nitrogens is 2. The average molecular weight is 565 g/mol. The fourth-order valence-corrected chi connectivity index (χ4v) is 4.22. The van der Waals surface area contributed by atoms with Gasteiger partial charge in [-0.1, -0.05) is 35.3 Å². The number of nitrogens with two attached hydrogens (primary N) is 1. The molecule has 1 saturated heterocycles. The van der Waals surface area contributed by atoms with E-state index in [1.807, 2.05) is 6.92 Å². The molecule has 0 amide bonds. The number of ether oxygens (including phenoxy) is 3. The van der Waals surface area contributed by atoms with Gasteiger partial charge in [-0.3, -0.25) is 9.09 Å². The lowest BCUT2D eigenvalue weighted by molar-refractivity contribution is -0.169. The number of hydrogen-bond acceptors (Lipinski definition) is 13. The van der Waals surface area contributed by atoms with Gasteiger partial charge in [0.05, 0.1) is 6.61 Å². The number of benzene rings is 1. The van der Waals surface area contributed by atoms with E-state index in [0.717, 1.165) is 11.0 Å². The molecule has 17 heteroatoms. The van der Waals surface area contributed by atoms with E-state index in [1.165, 1.54) is 31.3 Å². The zero-order valence-electron chi connectivity index (χ0n) is 21.1. The molecule has 1 aromatic heterocycles. The van der Waals surface area contributed by atoms with E-state index in [0.29, 0.717) is 6.42 Å². The second-order valence-electron chi connectivity index (χ2n) is 8.40. The van der Waals surface area contributed by atoms with E-state index in [4.69, 9.17) is 30.0 Å². The number of rotatable bonds is 12. The number of esters is 1. The highest BCUT2D eigenvalue weighted by atomic mass is 31.1. The third kappa shape index (κ3) is 7.20. The van der Waals surface area contributed by atoms with Crippen molar-refractivity contribution in [3.05, 3.63) is 57.5 Å².